The van der Waals surface area contributed by atoms with E-state index in [0.29, 0.717) is 5.75 Å². The van der Waals surface area contributed by atoms with Crippen LogP contribution in [0.15, 0.2) is 18.2 Å². The van der Waals surface area contributed by atoms with Crippen LogP contribution in [0.25, 0.3) is 0 Å². The maximum atomic E-state index is 10.9. The summed E-state index contributed by atoms with van der Waals surface area (Å²) in [6.07, 6.45) is 0.875. The summed E-state index contributed by atoms with van der Waals surface area (Å²) in [5.41, 5.74) is 0.962. The molecule has 86 valence electrons. The summed E-state index contributed by atoms with van der Waals surface area (Å²) in [6.45, 7) is 5.69. The molecule has 1 aromatic carbocycles. The average Bonchev–Trinajstić information content (AvgIpc) is 2.48. The van der Waals surface area contributed by atoms with Gasteiger partial charge in [-0.05, 0) is 26.8 Å². The molecule has 0 amide bonds. The lowest BCUT2D eigenvalue weighted by molar-refractivity contribution is -0.118. The van der Waals surface area contributed by atoms with Crippen molar-refractivity contribution >= 4 is 5.78 Å². The van der Waals surface area contributed by atoms with Gasteiger partial charge in [0.25, 0.3) is 0 Å². The molecule has 0 fully saturated rings. The Morgan fingerprint density at radius 2 is 2.25 bits per heavy atom. The predicted octanol–water partition coefficient (Wildman–Crippen LogP) is 2.37. The molecule has 0 spiro atoms. The molecule has 0 saturated heterocycles. The van der Waals surface area contributed by atoms with Crippen molar-refractivity contribution in [3.63, 3.8) is 0 Å². The Bertz CT molecular complexity index is 421. The Labute approximate surface area is 95.4 Å². The zero-order valence-electron chi connectivity index (χ0n) is 9.87. The van der Waals surface area contributed by atoms with E-state index in [9.17, 15) is 4.79 Å². The fourth-order valence-corrected chi connectivity index (χ4v) is 1.88. The number of fused-ring (bicyclic) bond motifs is 1. The van der Waals surface area contributed by atoms with Crippen LogP contribution >= 0.6 is 0 Å². The quantitative estimate of drug-likeness (QED) is 0.784. The number of carbonyl (C=O) groups excluding carboxylic acids is 1. The minimum absolute atomic E-state index is 0.00913. The molecule has 1 aliphatic rings. The Balaban J connectivity index is 2.23. The van der Waals surface area contributed by atoms with E-state index < -0.39 is 0 Å². The number of rotatable bonds is 3. The van der Waals surface area contributed by atoms with Crippen LogP contribution in [0.2, 0.25) is 0 Å². The maximum absolute atomic E-state index is 10.9. The molecular formula is C13H16O3. The number of hydrogen-bond donors (Lipinski definition) is 0. The van der Waals surface area contributed by atoms with Crippen LogP contribution in [-0.2, 0) is 11.2 Å². The summed E-state index contributed by atoms with van der Waals surface area (Å²) in [7, 11) is 0. The molecule has 2 rings (SSSR count). The van der Waals surface area contributed by atoms with E-state index in [0.717, 1.165) is 17.7 Å². The molecule has 0 unspecified atom stereocenters. The van der Waals surface area contributed by atoms with Gasteiger partial charge < -0.3 is 9.47 Å². The summed E-state index contributed by atoms with van der Waals surface area (Å²) >= 11 is 0. The SMILES string of the molecule is CC(=O)COc1cccc2c1OC(C)(C)C2. The molecule has 0 saturated carbocycles. The standard InChI is InChI=1S/C13H16O3/c1-9(14)8-15-11-6-4-5-10-7-13(2,3)16-12(10)11/h4-6H,7-8H2,1-3H3. The molecule has 0 aliphatic carbocycles. The van der Waals surface area contributed by atoms with Crippen molar-refractivity contribution in [3.8, 4) is 11.5 Å². The first-order chi connectivity index (χ1) is 7.48. The summed E-state index contributed by atoms with van der Waals surface area (Å²) in [5.74, 6) is 1.46. The second kappa shape index (κ2) is 3.81. The molecule has 3 nitrogen and oxygen atoms in total. The normalized spacial score (nSPS) is 16.4. The molecule has 0 atom stereocenters. The van der Waals surface area contributed by atoms with Gasteiger partial charge in [0.2, 0.25) is 0 Å². The third kappa shape index (κ3) is 2.18. The summed E-state index contributed by atoms with van der Waals surface area (Å²) < 4.78 is 11.3. The highest BCUT2D eigenvalue weighted by Crippen LogP contribution is 2.41. The van der Waals surface area contributed by atoms with Crippen LogP contribution in [0, 0.1) is 0 Å². The topological polar surface area (TPSA) is 35.5 Å². The first kappa shape index (κ1) is 11.0. The number of benzene rings is 1. The molecular weight excluding hydrogens is 204 g/mol. The summed E-state index contributed by atoms with van der Waals surface area (Å²) in [6, 6.07) is 5.80. The number of ether oxygens (including phenoxy) is 2. The highest BCUT2D eigenvalue weighted by atomic mass is 16.5. The number of Topliss-reactive ketones (excluding diaryl/α,β-unsaturated/α-hetero) is 1. The average molecular weight is 220 g/mol. The number of para-hydroxylation sites is 1. The summed E-state index contributed by atoms with van der Waals surface area (Å²) in [5, 5.41) is 0. The van der Waals surface area contributed by atoms with E-state index in [-0.39, 0.29) is 18.0 Å². The fraction of sp³-hybridized carbons (Fsp3) is 0.462. The van der Waals surface area contributed by atoms with Gasteiger partial charge in [-0.1, -0.05) is 12.1 Å². The Kier molecular flexibility index (Phi) is 2.62. The van der Waals surface area contributed by atoms with Gasteiger partial charge in [0.05, 0.1) is 0 Å². The van der Waals surface area contributed by atoms with E-state index in [1.54, 1.807) is 0 Å². The molecule has 3 heteroatoms. The van der Waals surface area contributed by atoms with Gasteiger partial charge in [0.1, 0.15) is 12.2 Å². The van der Waals surface area contributed by atoms with Crippen LogP contribution in [0.4, 0.5) is 0 Å². The highest BCUT2D eigenvalue weighted by molar-refractivity contribution is 5.77. The van der Waals surface area contributed by atoms with Crippen molar-refractivity contribution in [2.24, 2.45) is 0 Å². The van der Waals surface area contributed by atoms with Gasteiger partial charge in [-0.2, -0.15) is 0 Å². The first-order valence-electron chi connectivity index (χ1n) is 5.41. The Morgan fingerprint density at radius 1 is 1.50 bits per heavy atom. The molecule has 0 N–H and O–H groups in total. The van der Waals surface area contributed by atoms with Crippen molar-refractivity contribution in [2.45, 2.75) is 32.8 Å². The molecule has 0 aromatic heterocycles. The minimum Gasteiger partial charge on any atom is -0.483 e. The maximum Gasteiger partial charge on any atom is 0.167 e. The van der Waals surface area contributed by atoms with E-state index in [1.807, 2.05) is 32.0 Å². The molecule has 1 aromatic rings. The molecule has 1 heterocycles. The minimum atomic E-state index is -0.183. The second-order valence-electron chi connectivity index (χ2n) is 4.77. The van der Waals surface area contributed by atoms with Crippen molar-refractivity contribution in [1.29, 1.82) is 0 Å². The zero-order chi connectivity index (χ0) is 11.8. The van der Waals surface area contributed by atoms with E-state index >= 15 is 0 Å². The van der Waals surface area contributed by atoms with Gasteiger partial charge >= 0.3 is 0 Å². The predicted molar refractivity (Wildman–Crippen MR) is 61.0 cm³/mol. The van der Waals surface area contributed by atoms with Crippen LogP contribution < -0.4 is 9.47 Å². The third-order valence-corrected chi connectivity index (χ3v) is 2.49. The molecule has 16 heavy (non-hydrogen) atoms. The smallest absolute Gasteiger partial charge is 0.167 e. The highest BCUT2D eigenvalue weighted by Gasteiger charge is 2.32. The lowest BCUT2D eigenvalue weighted by Gasteiger charge is -2.18. The van der Waals surface area contributed by atoms with Crippen LogP contribution in [0.3, 0.4) is 0 Å². The van der Waals surface area contributed by atoms with Crippen LogP contribution in [0.1, 0.15) is 26.3 Å². The lowest BCUT2D eigenvalue weighted by atomic mass is 10.0. The number of hydrogen-bond acceptors (Lipinski definition) is 3. The van der Waals surface area contributed by atoms with E-state index in [2.05, 4.69) is 0 Å². The van der Waals surface area contributed by atoms with Crippen LogP contribution in [0.5, 0.6) is 11.5 Å². The van der Waals surface area contributed by atoms with Crippen LogP contribution in [-0.4, -0.2) is 18.0 Å². The lowest BCUT2D eigenvalue weighted by Crippen LogP contribution is -2.24. The molecule has 0 radical (unpaired) electrons. The van der Waals surface area contributed by atoms with Gasteiger partial charge in [-0.25, -0.2) is 0 Å². The van der Waals surface area contributed by atoms with Gasteiger partial charge in [-0.3, -0.25) is 4.79 Å². The van der Waals surface area contributed by atoms with Crippen molar-refractivity contribution in [3.05, 3.63) is 23.8 Å². The summed E-state index contributed by atoms with van der Waals surface area (Å²) in [4.78, 5) is 10.9. The zero-order valence-corrected chi connectivity index (χ0v) is 9.87. The number of ketones is 1. The monoisotopic (exact) mass is 220 g/mol. The van der Waals surface area contributed by atoms with E-state index in [1.165, 1.54) is 6.92 Å². The van der Waals surface area contributed by atoms with Gasteiger partial charge in [0, 0.05) is 12.0 Å². The van der Waals surface area contributed by atoms with Crippen molar-refractivity contribution < 1.29 is 14.3 Å². The van der Waals surface area contributed by atoms with Crippen molar-refractivity contribution in [1.82, 2.24) is 0 Å². The first-order valence-corrected chi connectivity index (χ1v) is 5.41. The number of carbonyl (C=O) groups is 1. The van der Waals surface area contributed by atoms with Gasteiger partial charge in [0.15, 0.2) is 17.3 Å². The van der Waals surface area contributed by atoms with E-state index in [4.69, 9.17) is 9.47 Å². The van der Waals surface area contributed by atoms with Crippen molar-refractivity contribution in [2.75, 3.05) is 6.61 Å². The molecule has 0 bridgehead atoms. The largest absolute Gasteiger partial charge is 0.483 e. The molecule has 1 aliphatic heterocycles. The fourth-order valence-electron chi connectivity index (χ4n) is 1.88. The Morgan fingerprint density at radius 3 is 2.94 bits per heavy atom. The second-order valence-corrected chi connectivity index (χ2v) is 4.77. The van der Waals surface area contributed by atoms with Gasteiger partial charge in [-0.15, -0.1) is 0 Å². The Hall–Kier alpha value is -1.51. The third-order valence-electron chi connectivity index (χ3n) is 2.49.